The fourth-order valence-corrected chi connectivity index (χ4v) is 5.91. The molecule has 0 unspecified atom stereocenters. The lowest BCUT2D eigenvalue weighted by Gasteiger charge is -2.23. The van der Waals surface area contributed by atoms with Crippen molar-refractivity contribution in [3.05, 3.63) is 124 Å². The van der Waals surface area contributed by atoms with Gasteiger partial charge in [-0.3, -0.25) is 9.59 Å². The van der Waals surface area contributed by atoms with E-state index in [9.17, 15) is 18.0 Å². The van der Waals surface area contributed by atoms with Crippen LogP contribution >= 0.6 is 11.6 Å². The molecule has 0 spiro atoms. The molecule has 0 radical (unpaired) electrons. The smallest absolute Gasteiger partial charge is 0.243 e. The Hall–Kier alpha value is -3.98. The summed E-state index contributed by atoms with van der Waals surface area (Å²) < 4.78 is 33.9. The second-order valence-corrected chi connectivity index (χ2v) is 11.5. The van der Waals surface area contributed by atoms with Crippen molar-refractivity contribution >= 4 is 39.0 Å². The van der Waals surface area contributed by atoms with E-state index in [1.807, 2.05) is 30.3 Å². The summed E-state index contributed by atoms with van der Waals surface area (Å²) in [5, 5.41) is 3.06. The molecule has 40 heavy (non-hydrogen) atoms. The van der Waals surface area contributed by atoms with Crippen molar-refractivity contribution in [3.63, 3.8) is 0 Å². The number of carbonyl (C=O) groups is 2. The zero-order valence-electron chi connectivity index (χ0n) is 22.1. The van der Waals surface area contributed by atoms with Crippen LogP contribution in [-0.4, -0.2) is 44.6 Å². The number of benzene rings is 4. The normalized spacial score (nSPS) is 11.3. The molecule has 0 bridgehead atoms. The summed E-state index contributed by atoms with van der Waals surface area (Å²) >= 11 is 6.17. The zero-order valence-corrected chi connectivity index (χ0v) is 23.7. The second-order valence-electron chi connectivity index (χ2n) is 9.14. The lowest BCUT2D eigenvalue weighted by atomic mass is 10.0. The van der Waals surface area contributed by atoms with E-state index in [4.69, 9.17) is 16.3 Å². The summed E-state index contributed by atoms with van der Waals surface area (Å²) in [5.41, 5.74) is 2.46. The molecule has 0 aliphatic rings. The molecule has 1 N–H and O–H groups in total. The third-order valence-corrected chi connectivity index (χ3v) is 8.43. The molecule has 1 amide bonds. The van der Waals surface area contributed by atoms with Crippen molar-refractivity contribution < 1.29 is 22.7 Å². The highest BCUT2D eigenvalue weighted by atomic mass is 35.5. The summed E-state index contributed by atoms with van der Waals surface area (Å²) in [4.78, 5) is 26.5. The van der Waals surface area contributed by atoms with E-state index in [0.29, 0.717) is 28.3 Å². The molecular formula is C31H29ClN2O5S. The lowest BCUT2D eigenvalue weighted by Crippen LogP contribution is -2.39. The maximum absolute atomic E-state index is 13.7. The number of ether oxygens (including phenoxy) is 1. The quantitative estimate of drug-likeness (QED) is 0.229. The van der Waals surface area contributed by atoms with Gasteiger partial charge in [-0.05, 0) is 60.9 Å². The number of nitrogens with one attached hydrogen (secondary N) is 1. The Balaban J connectivity index is 1.61. The van der Waals surface area contributed by atoms with Gasteiger partial charge in [0.15, 0.2) is 5.78 Å². The van der Waals surface area contributed by atoms with Crippen LogP contribution in [0.15, 0.2) is 102 Å². The molecule has 4 rings (SSSR count). The van der Waals surface area contributed by atoms with Crippen LogP contribution < -0.4 is 10.1 Å². The van der Waals surface area contributed by atoms with Crippen molar-refractivity contribution in [3.8, 4) is 5.75 Å². The van der Waals surface area contributed by atoms with Crippen LogP contribution in [0.2, 0.25) is 5.02 Å². The topological polar surface area (TPSA) is 92.8 Å². The Morgan fingerprint density at radius 3 is 2.23 bits per heavy atom. The first kappa shape index (κ1) is 29.0. The van der Waals surface area contributed by atoms with Crippen LogP contribution in [0.25, 0.3) is 0 Å². The minimum Gasteiger partial charge on any atom is -0.496 e. The highest BCUT2D eigenvalue weighted by Gasteiger charge is 2.28. The molecule has 0 aliphatic heterocycles. The molecule has 0 heterocycles. The molecule has 0 saturated heterocycles. The van der Waals surface area contributed by atoms with Crippen LogP contribution in [0, 0.1) is 6.92 Å². The number of carbonyl (C=O) groups excluding carboxylic acids is 2. The number of halogens is 1. The van der Waals surface area contributed by atoms with E-state index in [1.165, 1.54) is 31.4 Å². The minimum atomic E-state index is -4.05. The van der Waals surface area contributed by atoms with Gasteiger partial charge in [-0.25, -0.2) is 8.42 Å². The molecule has 4 aromatic rings. The van der Waals surface area contributed by atoms with Crippen molar-refractivity contribution in [1.82, 2.24) is 4.31 Å². The Labute approximate surface area is 239 Å². The summed E-state index contributed by atoms with van der Waals surface area (Å²) in [6.07, 6.45) is 0.404. The van der Waals surface area contributed by atoms with Gasteiger partial charge < -0.3 is 10.1 Å². The fourth-order valence-electron chi connectivity index (χ4n) is 4.25. The van der Waals surface area contributed by atoms with Crippen molar-refractivity contribution in [2.75, 3.05) is 25.5 Å². The van der Waals surface area contributed by atoms with Crippen molar-refractivity contribution in [2.24, 2.45) is 0 Å². The summed E-state index contributed by atoms with van der Waals surface area (Å²) in [7, 11) is -2.54. The van der Waals surface area contributed by atoms with E-state index in [0.717, 1.165) is 9.87 Å². The van der Waals surface area contributed by atoms with Gasteiger partial charge in [0.05, 0.1) is 24.2 Å². The highest BCUT2D eigenvalue weighted by Crippen LogP contribution is 2.26. The number of methoxy groups -OCH3 is 1. The van der Waals surface area contributed by atoms with Gasteiger partial charge >= 0.3 is 0 Å². The molecule has 9 heteroatoms. The van der Waals surface area contributed by atoms with Gasteiger partial charge in [0.25, 0.3) is 0 Å². The lowest BCUT2D eigenvalue weighted by molar-refractivity contribution is -0.116. The second kappa shape index (κ2) is 12.9. The van der Waals surface area contributed by atoms with Crippen LogP contribution in [0.3, 0.4) is 0 Å². The van der Waals surface area contributed by atoms with E-state index >= 15 is 0 Å². The first-order valence-electron chi connectivity index (χ1n) is 12.6. The fraction of sp³-hybridized carbons (Fsp3) is 0.161. The maximum atomic E-state index is 13.7. The number of amides is 1. The Morgan fingerprint density at radius 1 is 0.900 bits per heavy atom. The van der Waals surface area contributed by atoms with Gasteiger partial charge in [-0.1, -0.05) is 72.3 Å². The molecule has 7 nitrogen and oxygen atoms in total. The van der Waals surface area contributed by atoms with Crippen LogP contribution in [-0.2, 0) is 21.2 Å². The van der Waals surface area contributed by atoms with Gasteiger partial charge in [-0.2, -0.15) is 4.31 Å². The van der Waals surface area contributed by atoms with Gasteiger partial charge in [-0.15, -0.1) is 0 Å². The molecule has 0 aliphatic carbocycles. The maximum Gasteiger partial charge on any atom is 0.243 e. The Bertz CT molecular complexity index is 1610. The number of hydrogen-bond acceptors (Lipinski definition) is 5. The first-order chi connectivity index (χ1) is 19.2. The largest absolute Gasteiger partial charge is 0.496 e. The molecular weight excluding hydrogens is 548 g/mol. The first-order valence-corrected chi connectivity index (χ1v) is 14.4. The monoisotopic (exact) mass is 576 g/mol. The van der Waals surface area contributed by atoms with Crippen LogP contribution in [0.1, 0.15) is 27.0 Å². The number of anilines is 1. The Kier molecular flexibility index (Phi) is 9.37. The number of nitrogens with zero attached hydrogens (tertiary/aromatic N) is 1. The minimum absolute atomic E-state index is 0.0538. The number of rotatable bonds is 11. The number of aryl methyl sites for hydroxylation is 1. The van der Waals surface area contributed by atoms with E-state index in [-0.39, 0.29) is 28.5 Å². The van der Waals surface area contributed by atoms with Gasteiger partial charge in [0, 0.05) is 22.7 Å². The SMILES string of the molecule is COc1ccc(S(=O)(=O)N(CCc2ccccc2)CC(=O)Nc2ccc(Cl)cc2C(=O)c2ccccc2)cc1C. The van der Waals surface area contributed by atoms with E-state index in [1.54, 1.807) is 49.4 Å². The third-order valence-electron chi connectivity index (χ3n) is 6.35. The molecule has 0 atom stereocenters. The summed E-state index contributed by atoms with van der Waals surface area (Å²) in [6, 6.07) is 27.2. The molecule has 4 aromatic carbocycles. The molecule has 0 aromatic heterocycles. The molecule has 0 fully saturated rings. The average molecular weight is 577 g/mol. The standard InChI is InChI=1S/C31H29ClN2O5S/c1-22-19-26(14-16-29(22)39-2)40(37,38)34(18-17-23-9-5-3-6-10-23)21-30(35)33-28-15-13-25(32)20-27(28)31(36)24-11-7-4-8-12-24/h3-16,19-20H,17-18,21H2,1-2H3,(H,33,35). The number of ketones is 1. The van der Waals surface area contributed by atoms with Gasteiger partial charge in [0.1, 0.15) is 5.75 Å². The molecule has 206 valence electrons. The van der Waals surface area contributed by atoms with E-state index < -0.39 is 22.5 Å². The molecule has 0 saturated carbocycles. The van der Waals surface area contributed by atoms with Crippen LogP contribution in [0.4, 0.5) is 5.69 Å². The zero-order chi connectivity index (χ0) is 28.7. The number of sulfonamides is 1. The average Bonchev–Trinajstić information content (AvgIpc) is 2.96. The third kappa shape index (κ3) is 6.96. The van der Waals surface area contributed by atoms with Crippen molar-refractivity contribution in [1.29, 1.82) is 0 Å². The predicted octanol–water partition coefficient (Wildman–Crippen LogP) is 5.76. The predicted molar refractivity (Wildman–Crippen MR) is 157 cm³/mol. The van der Waals surface area contributed by atoms with Crippen molar-refractivity contribution in [2.45, 2.75) is 18.2 Å². The van der Waals surface area contributed by atoms with Gasteiger partial charge in [0.2, 0.25) is 15.9 Å². The number of hydrogen-bond donors (Lipinski definition) is 1. The van der Waals surface area contributed by atoms with E-state index in [2.05, 4.69) is 5.32 Å². The summed E-state index contributed by atoms with van der Waals surface area (Å²) in [6.45, 7) is 1.37. The van der Waals surface area contributed by atoms with Crippen LogP contribution in [0.5, 0.6) is 5.75 Å². The highest BCUT2D eigenvalue weighted by molar-refractivity contribution is 7.89. The Morgan fingerprint density at radius 2 is 1.57 bits per heavy atom. The summed E-state index contributed by atoms with van der Waals surface area (Å²) in [5.74, 6) is -0.349.